The van der Waals surface area contributed by atoms with Gasteiger partial charge in [-0.3, -0.25) is 4.79 Å². The first kappa shape index (κ1) is 13.1. The van der Waals surface area contributed by atoms with E-state index in [2.05, 4.69) is 5.32 Å². The first-order valence-corrected chi connectivity index (χ1v) is 6.61. The third-order valence-electron chi connectivity index (χ3n) is 2.58. The molecular weight excluding hydrogens is 346 g/mol. The molecular formula is C13H12FIN2O. The van der Waals surface area contributed by atoms with Crippen molar-refractivity contribution in [2.75, 3.05) is 5.32 Å². The third-order valence-corrected chi connectivity index (χ3v) is 3.47. The molecule has 1 N–H and O–H groups in total. The highest BCUT2D eigenvalue weighted by Gasteiger charge is 2.11. The van der Waals surface area contributed by atoms with Crippen LogP contribution in [0.2, 0.25) is 0 Å². The van der Waals surface area contributed by atoms with Crippen LogP contribution in [0.4, 0.5) is 10.1 Å². The fourth-order valence-corrected chi connectivity index (χ4v) is 2.29. The summed E-state index contributed by atoms with van der Waals surface area (Å²) in [5.74, 6) is -0.499. The lowest BCUT2D eigenvalue weighted by Gasteiger charge is -2.09. The maximum absolute atomic E-state index is 13.0. The van der Waals surface area contributed by atoms with Crippen LogP contribution < -0.4 is 5.32 Å². The smallest absolute Gasteiger partial charge is 0.272 e. The highest BCUT2D eigenvalue weighted by molar-refractivity contribution is 14.1. The monoisotopic (exact) mass is 358 g/mol. The molecule has 0 spiro atoms. The van der Waals surface area contributed by atoms with Gasteiger partial charge in [-0.25, -0.2) is 4.39 Å². The van der Waals surface area contributed by atoms with Gasteiger partial charge in [-0.2, -0.15) is 0 Å². The molecule has 2 aromatic rings. The molecule has 0 aliphatic rings. The summed E-state index contributed by atoms with van der Waals surface area (Å²) in [7, 11) is 0. The van der Waals surface area contributed by atoms with E-state index in [1.165, 1.54) is 12.1 Å². The molecule has 0 unspecified atom stereocenters. The Morgan fingerprint density at radius 3 is 2.89 bits per heavy atom. The van der Waals surface area contributed by atoms with Crippen molar-refractivity contribution in [3.63, 3.8) is 0 Å². The molecule has 1 heterocycles. The van der Waals surface area contributed by atoms with Gasteiger partial charge in [0.05, 0.1) is 5.69 Å². The number of hydrogen-bond donors (Lipinski definition) is 1. The zero-order valence-electron chi connectivity index (χ0n) is 9.78. The van der Waals surface area contributed by atoms with Crippen molar-refractivity contribution in [1.82, 2.24) is 4.57 Å². The Hall–Kier alpha value is -1.37. The lowest BCUT2D eigenvalue weighted by molar-refractivity contribution is 0.101. The van der Waals surface area contributed by atoms with Gasteiger partial charge in [0.2, 0.25) is 0 Å². The number of anilines is 1. The number of rotatable bonds is 3. The van der Waals surface area contributed by atoms with Gasteiger partial charge in [-0.15, -0.1) is 0 Å². The van der Waals surface area contributed by atoms with Crippen molar-refractivity contribution in [2.24, 2.45) is 0 Å². The molecule has 0 atom stereocenters. The highest BCUT2D eigenvalue weighted by atomic mass is 127. The Balaban J connectivity index is 2.21. The number of amides is 1. The fraction of sp³-hybridized carbons (Fsp3) is 0.154. The van der Waals surface area contributed by atoms with Gasteiger partial charge in [-0.1, -0.05) is 0 Å². The number of nitrogens with zero attached hydrogens (tertiary/aromatic N) is 1. The lowest BCUT2D eigenvalue weighted by Crippen LogP contribution is -2.17. The van der Waals surface area contributed by atoms with Crippen LogP contribution in [0.3, 0.4) is 0 Å². The third kappa shape index (κ3) is 2.72. The van der Waals surface area contributed by atoms with Crippen LogP contribution in [0.5, 0.6) is 0 Å². The Labute approximate surface area is 118 Å². The van der Waals surface area contributed by atoms with Gasteiger partial charge < -0.3 is 9.88 Å². The van der Waals surface area contributed by atoms with E-state index in [4.69, 9.17) is 0 Å². The van der Waals surface area contributed by atoms with E-state index in [-0.39, 0.29) is 11.7 Å². The largest absolute Gasteiger partial charge is 0.344 e. The van der Waals surface area contributed by atoms with Gasteiger partial charge in [0.1, 0.15) is 11.5 Å². The molecule has 0 radical (unpaired) electrons. The first-order chi connectivity index (χ1) is 8.61. The van der Waals surface area contributed by atoms with Gasteiger partial charge in [0, 0.05) is 16.3 Å². The van der Waals surface area contributed by atoms with E-state index >= 15 is 0 Å². The standard InChI is InChI=1S/C13H12FIN2O/c1-2-17-7-3-4-12(17)13(18)16-11-6-5-9(14)8-10(11)15/h3-8H,2H2,1H3,(H,16,18). The predicted molar refractivity (Wildman–Crippen MR) is 77.2 cm³/mol. The van der Waals surface area contributed by atoms with Crippen LogP contribution in [-0.4, -0.2) is 10.5 Å². The number of aryl methyl sites for hydroxylation is 1. The van der Waals surface area contributed by atoms with Crippen molar-refractivity contribution in [2.45, 2.75) is 13.5 Å². The molecule has 0 fully saturated rings. The number of aromatic nitrogens is 1. The molecule has 3 nitrogen and oxygen atoms in total. The van der Waals surface area contributed by atoms with E-state index in [1.54, 1.807) is 12.1 Å². The maximum atomic E-state index is 13.0. The molecule has 2 rings (SSSR count). The number of carbonyl (C=O) groups excluding carboxylic acids is 1. The second-order valence-corrected chi connectivity index (χ2v) is 4.92. The summed E-state index contributed by atoms with van der Waals surface area (Å²) in [6.45, 7) is 2.70. The number of carbonyl (C=O) groups is 1. The summed E-state index contributed by atoms with van der Waals surface area (Å²) in [5.41, 5.74) is 1.21. The van der Waals surface area contributed by atoms with E-state index in [0.29, 0.717) is 15.0 Å². The summed E-state index contributed by atoms with van der Waals surface area (Å²) < 4.78 is 15.5. The van der Waals surface area contributed by atoms with Crippen LogP contribution in [0, 0.1) is 9.39 Å². The minimum absolute atomic E-state index is 0.189. The van der Waals surface area contributed by atoms with Crippen LogP contribution in [0.1, 0.15) is 17.4 Å². The molecule has 0 aliphatic heterocycles. The Morgan fingerprint density at radius 2 is 2.22 bits per heavy atom. The van der Waals surface area contributed by atoms with Crippen molar-refractivity contribution in [3.8, 4) is 0 Å². The summed E-state index contributed by atoms with van der Waals surface area (Å²) in [6.07, 6.45) is 1.85. The molecule has 1 amide bonds. The molecule has 94 valence electrons. The Morgan fingerprint density at radius 1 is 1.44 bits per heavy atom. The Kier molecular flexibility index (Phi) is 4.00. The molecule has 1 aromatic heterocycles. The summed E-state index contributed by atoms with van der Waals surface area (Å²) in [5, 5.41) is 2.78. The topological polar surface area (TPSA) is 34.0 Å². The minimum atomic E-state index is -0.311. The molecule has 18 heavy (non-hydrogen) atoms. The van der Waals surface area contributed by atoms with E-state index in [0.717, 1.165) is 6.54 Å². The van der Waals surface area contributed by atoms with Gasteiger partial charge in [0.25, 0.3) is 5.91 Å². The zero-order valence-corrected chi connectivity index (χ0v) is 11.9. The van der Waals surface area contributed by atoms with Gasteiger partial charge in [-0.05, 0) is 59.8 Å². The normalized spacial score (nSPS) is 10.4. The minimum Gasteiger partial charge on any atom is -0.344 e. The second kappa shape index (κ2) is 5.51. The van der Waals surface area contributed by atoms with E-state index < -0.39 is 0 Å². The average Bonchev–Trinajstić information content (AvgIpc) is 2.81. The second-order valence-electron chi connectivity index (χ2n) is 3.76. The average molecular weight is 358 g/mol. The van der Waals surface area contributed by atoms with E-state index in [9.17, 15) is 9.18 Å². The fourth-order valence-electron chi connectivity index (χ4n) is 1.67. The maximum Gasteiger partial charge on any atom is 0.272 e. The van der Waals surface area contributed by atoms with E-state index in [1.807, 2.05) is 46.3 Å². The zero-order chi connectivity index (χ0) is 13.1. The van der Waals surface area contributed by atoms with Gasteiger partial charge >= 0.3 is 0 Å². The van der Waals surface area contributed by atoms with Crippen LogP contribution in [0.15, 0.2) is 36.5 Å². The molecule has 5 heteroatoms. The summed E-state index contributed by atoms with van der Waals surface area (Å²) in [4.78, 5) is 12.1. The van der Waals surface area contributed by atoms with Crippen molar-refractivity contribution >= 4 is 34.2 Å². The van der Waals surface area contributed by atoms with Crippen LogP contribution in [-0.2, 0) is 6.54 Å². The molecule has 0 saturated heterocycles. The number of nitrogens with one attached hydrogen (secondary N) is 1. The highest BCUT2D eigenvalue weighted by Crippen LogP contribution is 2.19. The number of halogens is 2. The van der Waals surface area contributed by atoms with Gasteiger partial charge in [0.15, 0.2) is 0 Å². The quantitative estimate of drug-likeness (QED) is 0.838. The van der Waals surface area contributed by atoms with Crippen LogP contribution >= 0.6 is 22.6 Å². The number of hydrogen-bond acceptors (Lipinski definition) is 1. The van der Waals surface area contributed by atoms with Crippen molar-refractivity contribution in [3.05, 3.63) is 51.6 Å². The lowest BCUT2D eigenvalue weighted by atomic mass is 10.3. The molecule has 0 saturated carbocycles. The molecule has 1 aromatic carbocycles. The number of benzene rings is 1. The molecule has 0 aliphatic carbocycles. The molecule has 0 bridgehead atoms. The summed E-state index contributed by atoms with van der Waals surface area (Å²) >= 11 is 1.99. The predicted octanol–water partition coefficient (Wildman–Crippen LogP) is 3.50. The summed E-state index contributed by atoms with van der Waals surface area (Å²) in [6, 6.07) is 7.86. The first-order valence-electron chi connectivity index (χ1n) is 5.53. The Bertz CT molecular complexity index is 580. The van der Waals surface area contributed by atoms with Crippen LogP contribution in [0.25, 0.3) is 0 Å². The van der Waals surface area contributed by atoms with Crippen molar-refractivity contribution in [1.29, 1.82) is 0 Å². The van der Waals surface area contributed by atoms with Crippen molar-refractivity contribution < 1.29 is 9.18 Å². The SMILES string of the molecule is CCn1cccc1C(=O)Nc1ccc(F)cc1I.